The van der Waals surface area contributed by atoms with Gasteiger partial charge in [0.2, 0.25) is 0 Å². The Morgan fingerprint density at radius 3 is 2.93 bits per heavy atom. The molecule has 1 aromatic rings. The van der Waals surface area contributed by atoms with Gasteiger partial charge in [-0.2, -0.15) is 0 Å². The van der Waals surface area contributed by atoms with Crippen molar-refractivity contribution in [2.75, 3.05) is 19.6 Å². The summed E-state index contributed by atoms with van der Waals surface area (Å²) in [5, 5.41) is 6.87. The van der Waals surface area contributed by atoms with Crippen molar-refractivity contribution >= 4 is 0 Å². The minimum Gasteiger partial charge on any atom is -0.465 e. The SMILES string of the molecule is Cc1ccc(CNC[C@@H]2CNC[C@H]2C)o1. The van der Waals surface area contributed by atoms with Crippen LogP contribution in [-0.4, -0.2) is 19.6 Å². The summed E-state index contributed by atoms with van der Waals surface area (Å²) in [6.07, 6.45) is 0. The maximum absolute atomic E-state index is 5.50. The maximum Gasteiger partial charge on any atom is 0.117 e. The van der Waals surface area contributed by atoms with Gasteiger partial charge in [-0.05, 0) is 50.5 Å². The van der Waals surface area contributed by atoms with Crippen LogP contribution in [0.25, 0.3) is 0 Å². The van der Waals surface area contributed by atoms with E-state index in [-0.39, 0.29) is 0 Å². The van der Waals surface area contributed by atoms with Gasteiger partial charge in [0, 0.05) is 0 Å². The molecule has 2 rings (SSSR count). The molecule has 2 heterocycles. The lowest BCUT2D eigenvalue weighted by atomic mass is 9.98. The van der Waals surface area contributed by atoms with Crippen molar-refractivity contribution in [1.82, 2.24) is 10.6 Å². The van der Waals surface area contributed by atoms with Crippen LogP contribution in [0.3, 0.4) is 0 Å². The molecule has 3 nitrogen and oxygen atoms in total. The summed E-state index contributed by atoms with van der Waals surface area (Å²) in [5.74, 6) is 3.57. The van der Waals surface area contributed by atoms with Gasteiger partial charge in [-0.1, -0.05) is 6.92 Å². The first kappa shape index (κ1) is 10.7. The van der Waals surface area contributed by atoms with Crippen molar-refractivity contribution in [2.45, 2.75) is 20.4 Å². The van der Waals surface area contributed by atoms with Gasteiger partial charge in [0.1, 0.15) is 11.5 Å². The first-order valence-electron chi connectivity index (χ1n) is 5.72. The molecule has 84 valence electrons. The Hall–Kier alpha value is -0.800. The zero-order valence-electron chi connectivity index (χ0n) is 9.55. The van der Waals surface area contributed by atoms with E-state index in [0.29, 0.717) is 0 Å². The highest BCUT2D eigenvalue weighted by atomic mass is 16.3. The van der Waals surface area contributed by atoms with Crippen molar-refractivity contribution < 1.29 is 4.42 Å². The fourth-order valence-corrected chi connectivity index (χ4v) is 2.10. The molecule has 1 saturated heterocycles. The summed E-state index contributed by atoms with van der Waals surface area (Å²) in [6, 6.07) is 4.05. The molecule has 0 unspecified atom stereocenters. The molecule has 1 aliphatic heterocycles. The lowest BCUT2D eigenvalue weighted by molar-refractivity contribution is 0.398. The summed E-state index contributed by atoms with van der Waals surface area (Å²) < 4.78 is 5.50. The van der Waals surface area contributed by atoms with E-state index in [0.717, 1.165) is 49.5 Å². The summed E-state index contributed by atoms with van der Waals surface area (Å²) >= 11 is 0. The molecule has 15 heavy (non-hydrogen) atoms. The number of nitrogens with one attached hydrogen (secondary N) is 2. The molecule has 1 aliphatic rings. The quantitative estimate of drug-likeness (QED) is 0.788. The van der Waals surface area contributed by atoms with Crippen LogP contribution >= 0.6 is 0 Å². The molecule has 0 amide bonds. The van der Waals surface area contributed by atoms with E-state index in [2.05, 4.69) is 17.6 Å². The second kappa shape index (κ2) is 4.81. The summed E-state index contributed by atoms with van der Waals surface area (Å²) in [5.41, 5.74) is 0. The molecule has 0 aliphatic carbocycles. The second-order valence-corrected chi connectivity index (χ2v) is 4.54. The number of hydrogen-bond acceptors (Lipinski definition) is 3. The highest BCUT2D eigenvalue weighted by Gasteiger charge is 2.22. The molecule has 0 spiro atoms. The highest BCUT2D eigenvalue weighted by molar-refractivity contribution is 5.05. The lowest BCUT2D eigenvalue weighted by Gasteiger charge is -2.14. The molecule has 1 fully saturated rings. The summed E-state index contributed by atoms with van der Waals surface area (Å²) in [4.78, 5) is 0. The predicted molar refractivity (Wildman–Crippen MR) is 60.7 cm³/mol. The summed E-state index contributed by atoms with van der Waals surface area (Å²) in [6.45, 7) is 8.51. The lowest BCUT2D eigenvalue weighted by Crippen LogP contribution is -2.26. The van der Waals surface area contributed by atoms with Crippen LogP contribution in [-0.2, 0) is 6.54 Å². The molecule has 1 aromatic heterocycles. The summed E-state index contributed by atoms with van der Waals surface area (Å²) in [7, 11) is 0. The molecule has 2 N–H and O–H groups in total. The van der Waals surface area contributed by atoms with Crippen LogP contribution in [0.15, 0.2) is 16.5 Å². The van der Waals surface area contributed by atoms with Crippen LogP contribution in [0.5, 0.6) is 0 Å². The fraction of sp³-hybridized carbons (Fsp3) is 0.667. The second-order valence-electron chi connectivity index (χ2n) is 4.54. The minimum atomic E-state index is 0.765. The van der Waals surface area contributed by atoms with Crippen molar-refractivity contribution in [3.05, 3.63) is 23.7 Å². The Kier molecular flexibility index (Phi) is 3.44. The largest absolute Gasteiger partial charge is 0.465 e. The molecule has 0 aromatic carbocycles. The zero-order chi connectivity index (χ0) is 10.7. The van der Waals surface area contributed by atoms with E-state index >= 15 is 0 Å². The number of hydrogen-bond donors (Lipinski definition) is 2. The Bertz CT molecular complexity index is 308. The van der Waals surface area contributed by atoms with E-state index in [1.807, 2.05) is 19.1 Å². The number of aryl methyl sites for hydroxylation is 1. The Morgan fingerprint density at radius 1 is 1.47 bits per heavy atom. The minimum absolute atomic E-state index is 0.765. The Balaban J connectivity index is 1.70. The first-order valence-corrected chi connectivity index (χ1v) is 5.72. The molecule has 0 saturated carbocycles. The standard InChI is InChI=1S/C12H20N2O/c1-9-5-13-6-11(9)7-14-8-12-4-3-10(2)15-12/h3-4,9,11,13-14H,5-8H2,1-2H3/t9-,11+/m1/s1. The molecular weight excluding hydrogens is 188 g/mol. The monoisotopic (exact) mass is 208 g/mol. The van der Waals surface area contributed by atoms with Gasteiger partial charge in [0.25, 0.3) is 0 Å². The van der Waals surface area contributed by atoms with E-state index in [1.165, 1.54) is 0 Å². The van der Waals surface area contributed by atoms with Gasteiger partial charge in [0.15, 0.2) is 0 Å². The predicted octanol–water partition coefficient (Wildman–Crippen LogP) is 1.53. The molecular formula is C12H20N2O. The van der Waals surface area contributed by atoms with E-state index in [4.69, 9.17) is 4.42 Å². The van der Waals surface area contributed by atoms with E-state index < -0.39 is 0 Å². The van der Waals surface area contributed by atoms with Crippen molar-refractivity contribution in [3.63, 3.8) is 0 Å². The van der Waals surface area contributed by atoms with Crippen molar-refractivity contribution in [1.29, 1.82) is 0 Å². The zero-order valence-corrected chi connectivity index (χ0v) is 9.55. The molecule has 3 heteroatoms. The van der Waals surface area contributed by atoms with Gasteiger partial charge in [-0.25, -0.2) is 0 Å². The van der Waals surface area contributed by atoms with Crippen LogP contribution in [0.1, 0.15) is 18.4 Å². The third kappa shape index (κ3) is 2.83. The van der Waals surface area contributed by atoms with Gasteiger partial charge < -0.3 is 15.1 Å². The average molecular weight is 208 g/mol. The molecule has 0 radical (unpaired) electrons. The first-order chi connectivity index (χ1) is 7.25. The van der Waals surface area contributed by atoms with E-state index in [9.17, 15) is 0 Å². The van der Waals surface area contributed by atoms with Crippen LogP contribution in [0.2, 0.25) is 0 Å². The number of furan rings is 1. The average Bonchev–Trinajstić information content (AvgIpc) is 2.77. The molecule has 0 bridgehead atoms. The topological polar surface area (TPSA) is 37.2 Å². The van der Waals surface area contributed by atoms with Gasteiger partial charge in [-0.15, -0.1) is 0 Å². The van der Waals surface area contributed by atoms with Gasteiger partial charge >= 0.3 is 0 Å². The smallest absolute Gasteiger partial charge is 0.117 e. The number of rotatable bonds is 4. The Labute approximate surface area is 91.2 Å². The van der Waals surface area contributed by atoms with Gasteiger partial charge in [0.05, 0.1) is 6.54 Å². The normalized spacial score (nSPS) is 26.0. The van der Waals surface area contributed by atoms with Crippen molar-refractivity contribution in [3.8, 4) is 0 Å². The molecule has 2 atom stereocenters. The van der Waals surface area contributed by atoms with Crippen LogP contribution < -0.4 is 10.6 Å². The fourth-order valence-electron chi connectivity index (χ4n) is 2.10. The Morgan fingerprint density at radius 2 is 2.33 bits per heavy atom. The highest BCUT2D eigenvalue weighted by Crippen LogP contribution is 2.14. The third-order valence-electron chi connectivity index (χ3n) is 3.18. The van der Waals surface area contributed by atoms with Crippen molar-refractivity contribution in [2.24, 2.45) is 11.8 Å². The van der Waals surface area contributed by atoms with Gasteiger partial charge in [-0.3, -0.25) is 0 Å². The third-order valence-corrected chi connectivity index (χ3v) is 3.18. The van der Waals surface area contributed by atoms with Crippen LogP contribution in [0.4, 0.5) is 0 Å². The van der Waals surface area contributed by atoms with Crippen LogP contribution in [0, 0.1) is 18.8 Å². The van der Waals surface area contributed by atoms with E-state index in [1.54, 1.807) is 0 Å². The maximum atomic E-state index is 5.50.